The van der Waals surface area contributed by atoms with Crippen molar-refractivity contribution < 1.29 is 4.79 Å². The Bertz CT molecular complexity index is 407. The number of carbonyl (C=O) groups is 1. The van der Waals surface area contributed by atoms with Gasteiger partial charge in [-0.05, 0) is 12.5 Å². The second-order valence-corrected chi connectivity index (χ2v) is 4.93. The third-order valence-electron chi connectivity index (χ3n) is 3.79. The lowest BCUT2D eigenvalue weighted by Crippen LogP contribution is -2.43. The number of likely N-dealkylation sites (tertiary alicyclic amines) is 1. The molecule has 18 heavy (non-hydrogen) atoms. The van der Waals surface area contributed by atoms with Crippen molar-refractivity contribution in [2.75, 3.05) is 20.1 Å². The molecule has 0 radical (unpaired) electrons. The van der Waals surface area contributed by atoms with Gasteiger partial charge in [0.05, 0.1) is 6.04 Å². The molecule has 1 aliphatic rings. The van der Waals surface area contributed by atoms with Crippen molar-refractivity contribution in [3.8, 4) is 0 Å². The van der Waals surface area contributed by atoms with E-state index in [9.17, 15) is 4.79 Å². The Kier molecular flexibility index (Phi) is 3.99. The first-order chi connectivity index (χ1) is 8.63. The zero-order valence-electron chi connectivity index (χ0n) is 11.0. The van der Waals surface area contributed by atoms with Gasteiger partial charge in [-0.25, -0.2) is 0 Å². The standard InChI is InChI=1S/C14H21N3O/c1-10(14(18)16-2)17-8-12(13(15)9-17)11-6-4-3-5-7-11/h3-7,10,12-13H,8-9,15H2,1-2H3,(H,16,18)/t10?,12-,13+/m0/s1. The van der Waals surface area contributed by atoms with Crippen LogP contribution in [0.1, 0.15) is 18.4 Å². The number of nitrogens with zero attached hydrogens (tertiary/aromatic N) is 1. The second-order valence-electron chi connectivity index (χ2n) is 4.93. The minimum absolute atomic E-state index is 0.0518. The van der Waals surface area contributed by atoms with Gasteiger partial charge in [0, 0.05) is 32.1 Å². The summed E-state index contributed by atoms with van der Waals surface area (Å²) in [5, 5.41) is 2.69. The fourth-order valence-electron chi connectivity index (χ4n) is 2.60. The van der Waals surface area contributed by atoms with Crippen LogP contribution < -0.4 is 11.1 Å². The lowest BCUT2D eigenvalue weighted by atomic mass is 9.95. The molecular formula is C14H21N3O. The molecule has 1 heterocycles. The van der Waals surface area contributed by atoms with E-state index in [0.717, 1.165) is 13.1 Å². The minimum Gasteiger partial charge on any atom is -0.358 e. The van der Waals surface area contributed by atoms with Gasteiger partial charge < -0.3 is 11.1 Å². The highest BCUT2D eigenvalue weighted by atomic mass is 16.2. The zero-order chi connectivity index (χ0) is 13.1. The number of benzene rings is 1. The number of likely N-dealkylation sites (N-methyl/N-ethyl adjacent to an activating group) is 1. The number of nitrogens with two attached hydrogens (primary N) is 1. The Morgan fingerprint density at radius 2 is 2.06 bits per heavy atom. The lowest BCUT2D eigenvalue weighted by molar-refractivity contribution is -0.125. The van der Waals surface area contributed by atoms with Crippen molar-refractivity contribution >= 4 is 5.91 Å². The number of nitrogens with one attached hydrogen (secondary N) is 1. The number of carbonyl (C=O) groups excluding carboxylic acids is 1. The van der Waals surface area contributed by atoms with Gasteiger partial charge in [0.1, 0.15) is 0 Å². The maximum atomic E-state index is 11.7. The number of rotatable bonds is 3. The van der Waals surface area contributed by atoms with E-state index in [1.165, 1.54) is 5.56 Å². The van der Waals surface area contributed by atoms with Gasteiger partial charge >= 0.3 is 0 Å². The molecule has 1 aliphatic heterocycles. The van der Waals surface area contributed by atoms with E-state index in [2.05, 4.69) is 22.3 Å². The van der Waals surface area contributed by atoms with Gasteiger partial charge in [0.15, 0.2) is 0 Å². The Morgan fingerprint density at radius 3 is 2.67 bits per heavy atom. The summed E-state index contributed by atoms with van der Waals surface area (Å²) in [5.74, 6) is 0.370. The molecule has 0 spiro atoms. The Balaban J connectivity index is 2.08. The largest absolute Gasteiger partial charge is 0.358 e. The molecule has 1 aromatic rings. The molecule has 1 unspecified atom stereocenters. The number of hydrogen-bond donors (Lipinski definition) is 2. The average molecular weight is 247 g/mol. The molecule has 0 saturated carbocycles. The fraction of sp³-hybridized carbons (Fsp3) is 0.500. The maximum Gasteiger partial charge on any atom is 0.236 e. The van der Waals surface area contributed by atoms with Crippen LogP contribution in [0.15, 0.2) is 30.3 Å². The SMILES string of the molecule is CNC(=O)C(C)N1C[C@@H](N)[C@H](c2ccccc2)C1. The average Bonchev–Trinajstić information content (AvgIpc) is 2.80. The monoisotopic (exact) mass is 247 g/mol. The first-order valence-corrected chi connectivity index (χ1v) is 6.39. The van der Waals surface area contributed by atoms with Crippen LogP contribution in [0, 0.1) is 0 Å². The van der Waals surface area contributed by atoms with Crippen molar-refractivity contribution in [3.63, 3.8) is 0 Å². The third kappa shape index (κ3) is 2.54. The summed E-state index contributed by atoms with van der Waals surface area (Å²) in [6.45, 7) is 3.55. The van der Waals surface area contributed by atoms with E-state index in [1.807, 2.05) is 25.1 Å². The zero-order valence-corrected chi connectivity index (χ0v) is 11.0. The molecule has 3 atom stereocenters. The smallest absolute Gasteiger partial charge is 0.236 e. The lowest BCUT2D eigenvalue weighted by Gasteiger charge is -2.22. The molecule has 2 rings (SSSR count). The quantitative estimate of drug-likeness (QED) is 0.820. The molecule has 1 fully saturated rings. The molecule has 1 amide bonds. The van der Waals surface area contributed by atoms with E-state index in [4.69, 9.17) is 5.73 Å². The second kappa shape index (κ2) is 5.50. The first kappa shape index (κ1) is 13.1. The molecule has 98 valence electrons. The summed E-state index contributed by atoms with van der Waals surface area (Å²) in [6.07, 6.45) is 0. The van der Waals surface area contributed by atoms with Crippen LogP contribution in [0.25, 0.3) is 0 Å². The van der Waals surface area contributed by atoms with E-state index >= 15 is 0 Å². The van der Waals surface area contributed by atoms with Crippen molar-refractivity contribution in [3.05, 3.63) is 35.9 Å². The predicted octanol–water partition coefficient (Wildman–Crippen LogP) is 0.548. The van der Waals surface area contributed by atoms with E-state index in [-0.39, 0.29) is 18.0 Å². The molecular weight excluding hydrogens is 226 g/mol. The fourth-order valence-corrected chi connectivity index (χ4v) is 2.60. The van der Waals surface area contributed by atoms with Crippen LogP contribution in [-0.4, -0.2) is 43.0 Å². The number of amides is 1. The van der Waals surface area contributed by atoms with Crippen molar-refractivity contribution in [2.24, 2.45) is 5.73 Å². The van der Waals surface area contributed by atoms with Gasteiger partial charge in [-0.3, -0.25) is 9.69 Å². The Morgan fingerprint density at radius 1 is 1.39 bits per heavy atom. The molecule has 0 aromatic heterocycles. The molecule has 4 nitrogen and oxygen atoms in total. The van der Waals surface area contributed by atoms with Crippen LogP contribution in [0.5, 0.6) is 0 Å². The van der Waals surface area contributed by atoms with Crippen molar-refractivity contribution in [1.29, 1.82) is 0 Å². The van der Waals surface area contributed by atoms with Gasteiger partial charge in [-0.15, -0.1) is 0 Å². The highest BCUT2D eigenvalue weighted by Crippen LogP contribution is 2.27. The predicted molar refractivity (Wildman–Crippen MR) is 72.3 cm³/mol. The molecule has 0 bridgehead atoms. The van der Waals surface area contributed by atoms with Gasteiger partial charge in [-0.2, -0.15) is 0 Å². The summed E-state index contributed by atoms with van der Waals surface area (Å²) < 4.78 is 0. The maximum absolute atomic E-state index is 11.7. The normalized spacial score (nSPS) is 25.9. The van der Waals surface area contributed by atoms with Crippen LogP contribution in [0.4, 0.5) is 0 Å². The van der Waals surface area contributed by atoms with Crippen LogP contribution in [0.3, 0.4) is 0 Å². The molecule has 1 saturated heterocycles. The molecule has 1 aromatic carbocycles. The van der Waals surface area contributed by atoms with Crippen LogP contribution in [0.2, 0.25) is 0 Å². The number of hydrogen-bond acceptors (Lipinski definition) is 3. The van der Waals surface area contributed by atoms with E-state index < -0.39 is 0 Å². The van der Waals surface area contributed by atoms with E-state index in [0.29, 0.717) is 5.92 Å². The first-order valence-electron chi connectivity index (χ1n) is 6.39. The summed E-state index contributed by atoms with van der Waals surface area (Å²) in [7, 11) is 1.67. The highest BCUT2D eigenvalue weighted by molar-refractivity contribution is 5.81. The van der Waals surface area contributed by atoms with Crippen molar-refractivity contribution in [2.45, 2.75) is 24.9 Å². The van der Waals surface area contributed by atoms with Crippen molar-refractivity contribution in [1.82, 2.24) is 10.2 Å². The topological polar surface area (TPSA) is 58.4 Å². The van der Waals surface area contributed by atoms with E-state index in [1.54, 1.807) is 7.05 Å². The minimum atomic E-state index is -0.116. The van der Waals surface area contributed by atoms with Gasteiger partial charge in [0.2, 0.25) is 5.91 Å². The summed E-state index contributed by atoms with van der Waals surface area (Å²) in [4.78, 5) is 13.8. The van der Waals surface area contributed by atoms with Crippen LogP contribution in [-0.2, 0) is 4.79 Å². The Labute approximate surface area is 108 Å². The van der Waals surface area contributed by atoms with Gasteiger partial charge in [0.25, 0.3) is 0 Å². The van der Waals surface area contributed by atoms with Crippen LogP contribution >= 0.6 is 0 Å². The molecule has 4 heteroatoms. The summed E-state index contributed by atoms with van der Waals surface area (Å²) in [6, 6.07) is 10.3. The van der Waals surface area contributed by atoms with Gasteiger partial charge in [-0.1, -0.05) is 30.3 Å². The molecule has 3 N–H and O–H groups in total. The third-order valence-corrected chi connectivity index (χ3v) is 3.79. The summed E-state index contributed by atoms with van der Waals surface area (Å²) >= 11 is 0. The highest BCUT2D eigenvalue weighted by Gasteiger charge is 2.35. The Hall–Kier alpha value is -1.39. The summed E-state index contributed by atoms with van der Waals surface area (Å²) in [5.41, 5.74) is 7.47. The molecule has 0 aliphatic carbocycles.